The first-order chi connectivity index (χ1) is 2.77. The Labute approximate surface area is 55.6 Å². The summed E-state index contributed by atoms with van der Waals surface area (Å²) in [6.45, 7) is 6.67. The molecule has 0 nitrogen and oxygen atoms in total. The topological polar surface area (TPSA) is 0 Å². The van der Waals surface area contributed by atoms with Crippen LogP contribution in [-0.4, -0.2) is 3.74 Å². The van der Waals surface area contributed by atoms with Crippen molar-refractivity contribution in [2.45, 2.75) is 16.6 Å². The normalized spacial score (nSPS) is 10.0. The Morgan fingerprint density at radius 3 is 2.00 bits per heavy atom. The molecule has 0 bridgehead atoms. The van der Waals surface area contributed by atoms with Crippen LogP contribution in [-0.2, 0) is 0 Å². The van der Waals surface area contributed by atoms with E-state index in [4.69, 9.17) is 6.92 Å². The predicted octanol–water partition coefficient (Wildman–Crippen LogP) is 2.47. The first kappa shape index (κ1) is 6.96. The molecule has 0 spiro atoms. The van der Waals surface area contributed by atoms with Crippen LogP contribution in [0.1, 0.15) is 12.8 Å². The van der Waals surface area contributed by atoms with Gasteiger partial charge in [-0.15, -0.1) is 0 Å². The van der Waals surface area contributed by atoms with Gasteiger partial charge in [0, 0.05) is 0 Å². The van der Waals surface area contributed by atoms with Crippen LogP contribution in [0.25, 0.3) is 0 Å². The number of halogens is 2. The Balaban J connectivity index is 2.63. The van der Waals surface area contributed by atoms with Crippen molar-refractivity contribution in [3.63, 3.8) is 0 Å². The Morgan fingerprint density at radius 1 is 1.50 bits per heavy atom. The Bertz CT molecular complexity index is 26.7. The monoisotopic (exact) mass is 211 g/mol. The molecule has 0 aromatic heterocycles. The van der Waals surface area contributed by atoms with Crippen molar-refractivity contribution < 1.29 is 0 Å². The number of hydrogen-bond donors (Lipinski definition) is 0. The molecule has 6 heavy (non-hydrogen) atoms. The average Bonchev–Trinajstić information content (AvgIpc) is 1.35. The molecule has 0 unspecified atom stereocenters. The van der Waals surface area contributed by atoms with Gasteiger partial charge in [0.25, 0.3) is 0 Å². The predicted molar refractivity (Wildman–Crippen MR) is 34.1 cm³/mol. The van der Waals surface area contributed by atoms with Crippen molar-refractivity contribution in [1.82, 2.24) is 0 Å². The molecule has 0 amide bonds. The highest BCUT2D eigenvalue weighted by Gasteiger charge is 1.90. The maximum absolute atomic E-state index is 6.67. The number of alkyl halides is 2. The number of rotatable bonds is 2. The summed E-state index contributed by atoms with van der Waals surface area (Å²) in [5.41, 5.74) is 0. The van der Waals surface area contributed by atoms with Gasteiger partial charge in [-0.05, 0) is 19.8 Å². The first-order valence-corrected chi connectivity index (χ1v) is 3.53. The molecule has 0 aliphatic heterocycles. The third kappa shape index (κ3) is 4.96. The van der Waals surface area contributed by atoms with Crippen molar-refractivity contribution in [3.05, 3.63) is 6.92 Å². The lowest BCUT2D eigenvalue weighted by molar-refractivity contribution is 0.952. The van der Waals surface area contributed by atoms with E-state index in [9.17, 15) is 0 Å². The van der Waals surface area contributed by atoms with Crippen LogP contribution in [0, 0.1) is 6.92 Å². The molecular weight excluding hydrogens is 208 g/mol. The van der Waals surface area contributed by atoms with E-state index in [-0.39, 0.29) is 0 Å². The minimum absolute atomic E-state index is 0.336. The van der Waals surface area contributed by atoms with Crippen LogP contribution in [0.5, 0.6) is 0 Å². The smallest absolute Gasteiger partial charge is 0.0698 e. The number of hydrogen-bond acceptors (Lipinski definition) is 0. The van der Waals surface area contributed by atoms with E-state index < -0.39 is 0 Å². The van der Waals surface area contributed by atoms with Crippen LogP contribution < -0.4 is 0 Å². The van der Waals surface area contributed by atoms with Gasteiger partial charge in [-0.1, -0.05) is 31.9 Å². The van der Waals surface area contributed by atoms with E-state index in [2.05, 4.69) is 31.9 Å². The summed E-state index contributed by atoms with van der Waals surface area (Å²) in [6.07, 6.45) is 1.36. The molecule has 2 heteroatoms. The van der Waals surface area contributed by atoms with Gasteiger partial charge < -0.3 is 0 Å². The van der Waals surface area contributed by atoms with Gasteiger partial charge in [-0.2, -0.15) is 0 Å². The zero-order valence-corrected chi connectivity index (χ0v) is 6.42. The fourth-order valence-electron chi connectivity index (χ4n) is 0.109. The van der Waals surface area contributed by atoms with Gasteiger partial charge in [0.05, 0.1) is 3.74 Å². The van der Waals surface area contributed by atoms with E-state index >= 15 is 0 Å². The summed E-state index contributed by atoms with van der Waals surface area (Å²) in [5.74, 6) is 0. The second kappa shape index (κ2) is 4.13. The Hall–Kier alpha value is 0.960. The third-order valence-electron chi connectivity index (χ3n) is 0.363. The summed E-state index contributed by atoms with van der Waals surface area (Å²) in [4.78, 5) is 0. The van der Waals surface area contributed by atoms with Gasteiger partial charge >= 0.3 is 0 Å². The minimum atomic E-state index is 0.336. The van der Waals surface area contributed by atoms with Gasteiger partial charge in [0.2, 0.25) is 0 Å². The van der Waals surface area contributed by atoms with Crippen molar-refractivity contribution in [3.8, 4) is 0 Å². The lowest BCUT2D eigenvalue weighted by Crippen LogP contribution is -1.79. The van der Waals surface area contributed by atoms with Crippen LogP contribution in [0.15, 0.2) is 0 Å². The molecule has 0 aromatic carbocycles. The van der Waals surface area contributed by atoms with Crippen molar-refractivity contribution in [1.29, 1.82) is 0 Å². The third-order valence-corrected chi connectivity index (χ3v) is 1.28. The van der Waals surface area contributed by atoms with Crippen LogP contribution in [0.4, 0.5) is 0 Å². The van der Waals surface area contributed by atoms with E-state index in [1.807, 2.05) is 0 Å². The quantitative estimate of drug-likeness (QED) is 0.618. The van der Waals surface area contributed by atoms with Crippen molar-refractivity contribution in [2.24, 2.45) is 0 Å². The molecule has 0 N–H and O–H groups in total. The largest absolute Gasteiger partial charge is 0.0765 e. The van der Waals surface area contributed by atoms with Gasteiger partial charge in [0.1, 0.15) is 0 Å². The summed E-state index contributed by atoms with van der Waals surface area (Å²) >= 11 is 6.46. The van der Waals surface area contributed by atoms with Gasteiger partial charge in [-0.3, -0.25) is 0 Å². The second-order valence-corrected chi connectivity index (χ2v) is 4.37. The van der Waals surface area contributed by atoms with Crippen molar-refractivity contribution >= 4 is 31.9 Å². The lowest BCUT2D eigenvalue weighted by Gasteiger charge is -1.91. The van der Waals surface area contributed by atoms with Gasteiger partial charge in [-0.25, -0.2) is 0 Å². The molecule has 35 valence electrons. The van der Waals surface area contributed by atoms with Crippen LogP contribution in [0.2, 0.25) is 0 Å². The molecule has 0 saturated heterocycles. The highest BCUT2D eigenvalue weighted by molar-refractivity contribution is 9.24. The molecule has 0 aromatic rings. The lowest BCUT2D eigenvalue weighted by atomic mass is 10.4. The molecule has 0 rings (SSSR count). The zero-order valence-electron chi connectivity index (χ0n) is 3.25. The molecule has 0 fully saturated rings. The van der Waals surface area contributed by atoms with E-state index in [1.165, 1.54) is 0 Å². The maximum atomic E-state index is 6.67. The highest BCUT2D eigenvalue weighted by atomic mass is 79.9. The standard InChI is InChI=1S/C4H5Br2/c1-2-3-4(5)6/h4H,2-3H2. The zero-order chi connectivity index (χ0) is 4.99. The average molecular weight is 213 g/mol. The second-order valence-electron chi connectivity index (χ2n) is 0.930. The molecule has 3 radical (unpaired) electrons. The SMILES string of the molecule is [C]CCC(Br)Br. The fourth-order valence-corrected chi connectivity index (χ4v) is 0.567. The van der Waals surface area contributed by atoms with E-state index in [1.54, 1.807) is 0 Å². The van der Waals surface area contributed by atoms with Gasteiger partial charge in [0.15, 0.2) is 0 Å². The van der Waals surface area contributed by atoms with Crippen LogP contribution in [0.3, 0.4) is 0 Å². The highest BCUT2D eigenvalue weighted by Crippen LogP contribution is 2.13. The summed E-state index contributed by atoms with van der Waals surface area (Å²) < 4.78 is 0.336. The minimum Gasteiger partial charge on any atom is -0.0765 e. The molecule has 0 aliphatic carbocycles. The summed E-state index contributed by atoms with van der Waals surface area (Å²) in [6, 6.07) is 0. The van der Waals surface area contributed by atoms with E-state index in [0.717, 1.165) is 6.42 Å². The summed E-state index contributed by atoms with van der Waals surface area (Å²) in [5, 5.41) is 0. The van der Waals surface area contributed by atoms with Crippen molar-refractivity contribution in [2.75, 3.05) is 0 Å². The molecule has 0 aliphatic rings. The summed E-state index contributed by atoms with van der Waals surface area (Å²) in [7, 11) is 0. The molecular formula is C4H5Br2. The van der Waals surface area contributed by atoms with E-state index in [0.29, 0.717) is 10.2 Å². The maximum Gasteiger partial charge on any atom is 0.0698 e. The van der Waals surface area contributed by atoms with Crippen LogP contribution >= 0.6 is 31.9 Å². The molecule has 0 atom stereocenters. The fraction of sp³-hybridized carbons (Fsp3) is 0.750. The molecule has 0 saturated carbocycles. The Kier molecular flexibility index (Phi) is 4.79. The Morgan fingerprint density at radius 2 is 2.00 bits per heavy atom. The first-order valence-electron chi connectivity index (χ1n) is 1.70. The molecule has 0 heterocycles.